The summed E-state index contributed by atoms with van der Waals surface area (Å²) in [6, 6.07) is 7.90. The maximum absolute atomic E-state index is 10.6. The summed E-state index contributed by atoms with van der Waals surface area (Å²) in [5, 5.41) is 17.9. The Kier molecular flexibility index (Phi) is 4.82. The number of rotatable bonds is 5. The van der Waals surface area contributed by atoms with Crippen molar-refractivity contribution in [3.8, 4) is 10.6 Å². The van der Waals surface area contributed by atoms with Gasteiger partial charge in [0.1, 0.15) is 17.0 Å². The van der Waals surface area contributed by atoms with Gasteiger partial charge in [-0.1, -0.05) is 0 Å². The Balaban J connectivity index is 1.53. The molecule has 4 N–H and O–H groups in total. The van der Waals surface area contributed by atoms with Gasteiger partial charge in [-0.15, -0.1) is 11.3 Å². The summed E-state index contributed by atoms with van der Waals surface area (Å²) in [4.78, 5) is 25.9. The van der Waals surface area contributed by atoms with Crippen molar-refractivity contribution in [2.45, 2.75) is 25.4 Å². The van der Waals surface area contributed by atoms with Crippen LogP contribution in [0.2, 0.25) is 0 Å². The second kappa shape index (κ2) is 7.41. The number of aromatic nitrogens is 3. The van der Waals surface area contributed by atoms with Crippen LogP contribution >= 0.6 is 23.6 Å². The highest BCUT2D eigenvalue weighted by Crippen LogP contribution is 2.27. The predicted molar refractivity (Wildman–Crippen MR) is 108 cm³/mol. The molecule has 1 amide bonds. The first-order valence-electron chi connectivity index (χ1n) is 8.34. The fraction of sp³-hybridized carbons (Fsp3) is 0.235. The van der Waals surface area contributed by atoms with Crippen LogP contribution in [0.1, 0.15) is 17.7 Å². The third-order valence-corrected chi connectivity index (χ3v) is 5.22. The topological polar surface area (TPSA) is 112 Å². The van der Waals surface area contributed by atoms with Crippen molar-refractivity contribution in [3.63, 3.8) is 0 Å². The van der Waals surface area contributed by atoms with Gasteiger partial charge >= 0.3 is 6.09 Å². The highest BCUT2D eigenvalue weighted by atomic mass is 32.1. The Labute approximate surface area is 164 Å². The molecule has 3 aromatic rings. The minimum atomic E-state index is -1.05. The van der Waals surface area contributed by atoms with Gasteiger partial charge < -0.3 is 21.1 Å². The zero-order valence-corrected chi connectivity index (χ0v) is 15.7. The summed E-state index contributed by atoms with van der Waals surface area (Å²) in [6.45, 7) is 0.263. The van der Waals surface area contributed by atoms with E-state index in [0.717, 1.165) is 22.6 Å². The quantitative estimate of drug-likeness (QED) is 0.484. The van der Waals surface area contributed by atoms with Crippen LogP contribution in [-0.2, 0) is 6.54 Å². The first-order valence-corrected chi connectivity index (χ1v) is 9.56. The molecule has 0 saturated heterocycles. The predicted octanol–water partition coefficient (Wildman–Crippen LogP) is 2.97. The average Bonchev–Trinajstić information content (AvgIpc) is 3.32. The van der Waals surface area contributed by atoms with Crippen molar-refractivity contribution in [2.24, 2.45) is 0 Å². The largest absolute Gasteiger partial charge is 0.465 e. The van der Waals surface area contributed by atoms with Crippen molar-refractivity contribution in [1.82, 2.24) is 25.6 Å². The molecule has 0 unspecified atom stereocenters. The number of pyridine rings is 1. The molecule has 1 fully saturated rings. The van der Waals surface area contributed by atoms with E-state index in [1.807, 2.05) is 24.3 Å². The van der Waals surface area contributed by atoms with Gasteiger partial charge in [0.05, 0.1) is 17.6 Å². The molecule has 3 heterocycles. The molecular formula is C17H16N6O2S2. The van der Waals surface area contributed by atoms with Crippen LogP contribution in [0, 0.1) is 0 Å². The van der Waals surface area contributed by atoms with E-state index in [-0.39, 0.29) is 6.54 Å². The van der Waals surface area contributed by atoms with Crippen LogP contribution in [0.4, 0.5) is 10.6 Å². The molecule has 0 spiro atoms. The van der Waals surface area contributed by atoms with Crippen LogP contribution in [0.15, 0.2) is 30.5 Å². The highest BCUT2D eigenvalue weighted by Gasteiger charge is 2.21. The van der Waals surface area contributed by atoms with E-state index in [4.69, 9.17) is 17.3 Å². The third kappa shape index (κ3) is 4.47. The van der Waals surface area contributed by atoms with Gasteiger partial charge in [-0.25, -0.2) is 14.8 Å². The van der Waals surface area contributed by atoms with E-state index in [0.29, 0.717) is 33.8 Å². The molecule has 0 aliphatic heterocycles. The number of anilines is 1. The van der Waals surface area contributed by atoms with Crippen LogP contribution in [0.5, 0.6) is 0 Å². The molecule has 0 radical (unpaired) electrons. The molecule has 0 aromatic carbocycles. The van der Waals surface area contributed by atoms with E-state index in [9.17, 15) is 4.79 Å². The minimum Gasteiger partial charge on any atom is -0.465 e. The molecule has 0 bridgehead atoms. The van der Waals surface area contributed by atoms with Gasteiger partial charge in [-0.05, 0) is 49.3 Å². The highest BCUT2D eigenvalue weighted by molar-refractivity contribution is 7.80. The molecular weight excluding hydrogens is 384 g/mol. The van der Waals surface area contributed by atoms with Crippen molar-refractivity contribution >= 4 is 51.7 Å². The van der Waals surface area contributed by atoms with Crippen LogP contribution < -0.4 is 16.0 Å². The van der Waals surface area contributed by atoms with E-state index in [2.05, 4.69) is 30.9 Å². The Morgan fingerprint density at radius 1 is 1.26 bits per heavy atom. The fourth-order valence-electron chi connectivity index (χ4n) is 2.42. The standard InChI is InChI=1S/C17H16N6O2S2/c24-17(25)19-7-10-3-5-13(27-10)12-8-18-11-4-6-14(22-15(11)21-12)23-16(26)20-9-1-2-9/h3-6,8-9,19H,1-2,7H2,(H,24,25)(H2,20,21,22,23,26). The molecule has 1 saturated carbocycles. The SMILES string of the molecule is O=C(O)NCc1ccc(-c2cnc3ccc(NC(=S)NC4CC4)nc3n2)s1. The van der Waals surface area contributed by atoms with Gasteiger partial charge in [0.15, 0.2) is 10.8 Å². The zero-order chi connectivity index (χ0) is 18.8. The summed E-state index contributed by atoms with van der Waals surface area (Å²) in [5.41, 5.74) is 1.90. The van der Waals surface area contributed by atoms with Crippen LogP contribution in [0.3, 0.4) is 0 Å². The number of carboxylic acid groups (broad SMARTS) is 1. The molecule has 3 aromatic heterocycles. The third-order valence-electron chi connectivity index (χ3n) is 3.89. The molecule has 10 heteroatoms. The number of fused-ring (bicyclic) bond motifs is 1. The lowest BCUT2D eigenvalue weighted by Crippen LogP contribution is -2.30. The number of thiophene rings is 1. The number of hydrogen-bond acceptors (Lipinski definition) is 6. The number of carbonyl (C=O) groups is 1. The first-order chi connectivity index (χ1) is 13.1. The van der Waals surface area contributed by atoms with Crippen LogP contribution in [-0.4, -0.2) is 37.3 Å². The number of thiocarbonyl (C=S) groups is 1. The minimum absolute atomic E-state index is 0.263. The molecule has 0 atom stereocenters. The Morgan fingerprint density at radius 3 is 2.89 bits per heavy atom. The number of nitrogens with one attached hydrogen (secondary N) is 3. The second-order valence-electron chi connectivity index (χ2n) is 6.09. The maximum atomic E-state index is 10.6. The van der Waals surface area contributed by atoms with Gasteiger partial charge in [-0.3, -0.25) is 4.98 Å². The number of nitrogens with zero attached hydrogens (tertiary/aromatic N) is 3. The molecule has 8 nitrogen and oxygen atoms in total. The fourth-order valence-corrected chi connectivity index (χ4v) is 3.60. The molecule has 27 heavy (non-hydrogen) atoms. The van der Waals surface area contributed by atoms with E-state index in [1.165, 1.54) is 11.3 Å². The van der Waals surface area contributed by atoms with Crippen LogP contribution in [0.25, 0.3) is 21.7 Å². The summed E-state index contributed by atoms with van der Waals surface area (Å²) < 4.78 is 0. The summed E-state index contributed by atoms with van der Waals surface area (Å²) in [5.74, 6) is 0.615. The smallest absolute Gasteiger partial charge is 0.404 e. The summed E-state index contributed by atoms with van der Waals surface area (Å²) in [7, 11) is 0. The van der Waals surface area contributed by atoms with Gasteiger partial charge in [-0.2, -0.15) is 0 Å². The summed E-state index contributed by atoms with van der Waals surface area (Å²) >= 11 is 6.74. The Hall–Kier alpha value is -2.85. The Bertz CT molecular complexity index is 1020. The lowest BCUT2D eigenvalue weighted by atomic mass is 10.3. The Morgan fingerprint density at radius 2 is 2.11 bits per heavy atom. The lowest BCUT2D eigenvalue weighted by Gasteiger charge is -2.09. The van der Waals surface area contributed by atoms with Gasteiger partial charge in [0.25, 0.3) is 0 Å². The van der Waals surface area contributed by atoms with E-state index in [1.54, 1.807) is 6.20 Å². The second-order valence-corrected chi connectivity index (χ2v) is 7.67. The van der Waals surface area contributed by atoms with Crippen molar-refractivity contribution in [1.29, 1.82) is 0 Å². The average molecular weight is 400 g/mol. The molecule has 1 aliphatic rings. The number of hydrogen-bond donors (Lipinski definition) is 4. The van der Waals surface area contributed by atoms with Gasteiger partial charge in [0.2, 0.25) is 0 Å². The molecule has 4 rings (SSSR count). The van der Waals surface area contributed by atoms with Gasteiger partial charge in [0, 0.05) is 10.9 Å². The summed E-state index contributed by atoms with van der Waals surface area (Å²) in [6.07, 6.45) is 2.93. The normalized spacial score (nSPS) is 13.3. The van der Waals surface area contributed by atoms with Crippen molar-refractivity contribution in [2.75, 3.05) is 5.32 Å². The lowest BCUT2D eigenvalue weighted by molar-refractivity contribution is 0.194. The number of amides is 1. The van der Waals surface area contributed by atoms with E-state index < -0.39 is 6.09 Å². The van der Waals surface area contributed by atoms with Crippen molar-refractivity contribution < 1.29 is 9.90 Å². The first kappa shape index (κ1) is 17.6. The van der Waals surface area contributed by atoms with E-state index >= 15 is 0 Å². The molecule has 1 aliphatic carbocycles. The molecule has 138 valence electrons. The van der Waals surface area contributed by atoms with Crippen molar-refractivity contribution in [3.05, 3.63) is 35.3 Å². The maximum Gasteiger partial charge on any atom is 0.404 e. The zero-order valence-electron chi connectivity index (χ0n) is 14.1. The monoisotopic (exact) mass is 400 g/mol.